The van der Waals surface area contributed by atoms with Gasteiger partial charge in [-0.3, -0.25) is 4.79 Å². The van der Waals surface area contributed by atoms with Crippen LogP contribution in [0.15, 0.2) is 0 Å². The Labute approximate surface area is 123 Å². The first kappa shape index (κ1) is 14.7. The Bertz CT molecular complexity index is 429. The summed E-state index contributed by atoms with van der Waals surface area (Å²) in [6, 6.07) is 0. The van der Waals surface area contributed by atoms with Gasteiger partial charge in [-0.25, -0.2) is 0 Å². The maximum absolute atomic E-state index is 12.2. The average molecular weight is 302 g/mol. The van der Waals surface area contributed by atoms with Crippen LogP contribution < -0.4 is 5.32 Å². The standard InChI is InChI=1S/C13H20ClN3OS/c1-2-5-10-11(19-17-16-10)12(18)15-9-13(8-14)6-3-4-7-13/h2-9H2,1H3,(H,15,18). The lowest BCUT2D eigenvalue weighted by atomic mass is 9.88. The molecule has 4 nitrogen and oxygen atoms in total. The van der Waals surface area contributed by atoms with Crippen molar-refractivity contribution in [1.29, 1.82) is 0 Å². The molecule has 0 bridgehead atoms. The Morgan fingerprint density at radius 3 is 2.84 bits per heavy atom. The topological polar surface area (TPSA) is 54.9 Å². The molecule has 19 heavy (non-hydrogen) atoms. The summed E-state index contributed by atoms with van der Waals surface area (Å²) < 4.78 is 3.88. The van der Waals surface area contributed by atoms with Crippen LogP contribution in [0.2, 0.25) is 0 Å². The normalized spacial score (nSPS) is 17.6. The molecule has 1 heterocycles. The van der Waals surface area contributed by atoms with E-state index in [2.05, 4.69) is 21.8 Å². The molecule has 1 aliphatic rings. The molecule has 1 aromatic rings. The minimum atomic E-state index is -0.0464. The smallest absolute Gasteiger partial charge is 0.264 e. The van der Waals surface area contributed by atoms with E-state index in [4.69, 9.17) is 11.6 Å². The van der Waals surface area contributed by atoms with E-state index >= 15 is 0 Å². The second kappa shape index (κ2) is 6.66. The molecule has 0 radical (unpaired) electrons. The quantitative estimate of drug-likeness (QED) is 0.822. The largest absolute Gasteiger partial charge is 0.351 e. The van der Waals surface area contributed by atoms with E-state index in [9.17, 15) is 4.79 Å². The summed E-state index contributed by atoms with van der Waals surface area (Å²) in [4.78, 5) is 12.8. The zero-order valence-corrected chi connectivity index (χ0v) is 12.8. The fraction of sp³-hybridized carbons (Fsp3) is 0.769. The van der Waals surface area contributed by atoms with Crippen molar-refractivity contribution in [3.8, 4) is 0 Å². The number of nitrogens with zero attached hydrogens (tertiary/aromatic N) is 2. The fourth-order valence-electron chi connectivity index (χ4n) is 2.61. The van der Waals surface area contributed by atoms with Gasteiger partial charge in [0.05, 0.1) is 5.69 Å². The molecule has 1 fully saturated rings. The lowest BCUT2D eigenvalue weighted by molar-refractivity contribution is 0.0938. The molecule has 0 atom stereocenters. The van der Waals surface area contributed by atoms with E-state index in [-0.39, 0.29) is 11.3 Å². The average Bonchev–Trinajstić information content (AvgIpc) is 3.06. The van der Waals surface area contributed by atoms with Crippen molar-refractivity contribution >= 4 is 29.0 Å². The molecule has 1 amide bonds. The number of aryl methyl sites for hydroxylation is 1. The molecule has 1 aliphatic carbocycles. The maximum atomic E-state index is 12.2. The Morgan fingerprint density at radius 2 is 2.21 bits per heavy atom. The number of carbonyl (C=O) groups excluding carboxylic acids is 1. The van der Waals surface area contributed by atoms with Gasteiger partial charge in [-0.2, -0.15) is 0 Å². The number of halogens is 1. The van der Waals surface area contributed by atoms with Crippen LogP contribution >= 0.6 is 23.1 Å². The van der Waals surface area contributed by atoms with E-state index in [0.29, 0.717) is 17.3 Å². The summed E-state index contributed by atoms with van der Waals surface area (Å²) in [6.45, 7) is 2.74. The van der Waals surface area contributed by atoms with Gasteiger partial charge in [-0.05, 0) is 30.8 Å². The zero-order chi connectivity index (χ0) is 13.7. The van der Waals surface area contributed by atoms with Crippen molar-refractivity contribution in [3.63, 3.8) is 0 Å². The summed E-state index contributed by atoms with van der Waals surface area (Å²) >= 11 is 7.26. The summed E-state index contributed by atoms with van der Waals surface area (Å²) in [5, 5.41) is 7.05. The molecule has 0 saturated heterocycles. The van der Waals surface area contributed by atoms with Gasteiger partial charge in [0.25, 0.3) is 5.91 Å². The molecule has 1 aromatic heterocycles. The van der Waals surface area contributed by atoms with Crippen LogP contribution in [0.25, 0.3) is 0 Å². The Hall–Kier alpha value is -0.680. The highest BCUT2D eigenvalue weighted by molar-refractivity contribution is 7.08. The molecule has 0 unspecified atom stereocenters. The van der Waals surface area contributed by atoms with Crippen molar-refractivity contribution < 1.29 is 4.79 Å². The molecule has 0 spiro atoms. The Balaban J connectivity index is 1.95. The van der Waals surface area contributed by atoms with Gasteiger partial charge in [0, 0.05) is 17.8 Å². The molecule has 106 valence electrons. The number of alkyl halides is 1. The SMILES string of the molecule is CCCc1nnsc1C(=O)NCC1(CCl)CCCC1. The van der Waals surface area contributed by atoms with E-state index in [1.807, 2.05) is 0 Å². The molecular weight excluding hydrogens is 282 g/mol. The van der Waals surface area contributed by atoms with Crippen molar-refractivity contribution in [2.75, 3.05) is 12.4 Å². The first-order valence-corrected chi connectivity index (χ1v) is 8.17. The number of amides is 1. The van der Waals surface area contributed by atoms with Crippen molar-refractivity contribution in [2.45, 2.75) is 45.4 Å². The number of hydrogen-bond acceptors (Lipinski definition) is 4. The second-order valence-corrected chi connectivity index (χ2v) is 6.34. The number of aromatic nitrogens is 2. The van der Waals surface area contributed by atoms with E-state index in [1.165, 1.54) is 24.4 Å². The summed E-state index contributed by atoms with van der Waals surface area (Å²) in [7, 11) is 0. The van der Waals surface area contributed by atoms with Crippen LogP contribution in [0.3, 0.4) is 0 Å². The maximum Gasteiger partial charge on any atom is 0.264 e. The monoisotopic (exact) mass is 301 g/mol. The predicted molar refractivity (Wildman–Crippen MR) is 77.9 cm³/mol. The van der Waals surface area contributed by atoms with Crippen LogP contribution in [-0.2, 0) is 6.42 Å². The van der Waals surface area contributed by atoms with Crippen LogP contribution in [0.1, 0.15) is 54.4 Å². The highest BCUT2D eigenvalue weighted by Gasteiger charge is 2.33. The van der Waals surface area contributed by atoms with Gasteiger partial charge >= 0.3 is 0 Å². The molecule has 0 aliphatic heterocycles. The predicted octanol–water partition coefficient (Wildman–Crippen LogP) is 3.02. The van der Waals surface area contributed by atoms with E-state index in [1.54, 1.807) is 0 Å². The van der Waals surface area contributed by atoms with Gasteiger partial charge in [0.1, 0.15) is 4.88 Å². The third-order valence-corrected chi connectivity index (χ3v) is 5.15. The van der Waals surface area contributed by atoms with Gasteiger partial charge < -0.3 is 5.32 Å². The number of nitrogens with one attached hydrogen (secondary N) is 1. The lowest BCUT2D eigenvalue weighted by Crippen LogP contribution is -2.37. The summed E-state index contributed by atoms with van der Waals surface area (Å²) in [5.74, 6) is 0.575. The first-order chi connectivity index (χ1) is 9.21. The molecule has 6 heteroatoms. The van der Waals surface area contributed by atoms with Gasteiger partial charge in [0.15, 0.2) is 0 Å². The second-order valence-electron chi connectivity index (χ2n) is 5.32. The third kappa shape index (κ3) is 3.45. The minimum Gasteiger partial charge on any atom is -0.351 e. The minimum absolute atomic E-state index is 0.0464. The fourth-order valence-corrected chi connectivity index (χ4v) is 3.60. The number of hydrogen-bond donors (Lipinski definition) is 1. The van der Waals surface area contributed by atoms with Crippen molar-refractivity contribution in [3.05, 3.63) is 10.6 Å². The van der Waals surface area contributed by atoms with Gasteiger partial charge in [-0.1, -0.05) is 30.7 Å². The first-order valence-electron chi connectivity index (χ1n) is 6.86. The third-order valence-electron chi connectivity index (χ3n) is 3.82. The number of carbonyl (C=O) groups is 1. The summed E-state index contributed by atoms with van der Waals surface area (Å²) in [6.07, 6.45) is 6.42. The van der Waals surface area contributed by atoms with Gasteiger partial charge in [0.2, 0.25) is 0 Å². The van der Waals surface area contributed by atoms with Crippen molar-refractivity contribution in [2.24, 2.45) is 5.41 Å². The number of rotatable bonds is 6. The van der Waals surface area contributed by atoms with Crippen LogP contribution in [0, 0.1) is 5.41 Å². The van der Waals surface area contributed by atoms with Gasteiger partial charge in [-0.15, -0.1) is 16.7 Å². The van der Waals surface area contributed by atoms with Crippen LogP contribution in [-0.4, -0.2) is 27.9 Å². The molecule has 2 rings (SSSR count). The van der Waals surface area contributed by atoms with Crippen LogP contribution in [0.5, 0.6) is 0 Å². The Kier molecular flexibility index (Phi) is 5.16. The van der Waals surface area contributed by atoms with E-state index in [0.717, 1.165) is 31.4 Å². The summed E-state index contributed by atoms with van der Waals surface area (Å²) in [5.41, 5.74) is 0.914. The van der Waals surface area contributed by atoms with E-state index < -0.39 is 0 Å². The molecule has 1 saturated carbocycles. The zero-order valence-electron chi connectivity index (χ0n) is 11.2. The van der Waals surface area contributed by atoms with Crippen molar-refractivity contribution in [1.82, 2.24) is 14.9 Å². The molecular formula is C13H20ClN3OS. The molecule has 0 aromatic carbocycles. The lowest BCUT2D eigenvalue weighted by Gasteiger charge is -2.26. The Morgan fingerprint density at radius 1 is 1.47 bits per heavy atom. The highest BCUT2D eigenvalue weighted by atomic mass is 35.5. The van der Waals surface area contributed by atoms with Crippen LogP contribution in [0.4, 0.5) is 0 Å². The molecule has 1 N–H and O–H groups in total. The highest BCUT2D eigenvalue weighted by Crippen LogP contribution is 2.38.